The Labute approximate surface area is 162 Å². The highest BCUT2D eigenvalue weighted by Gasteiger charge is 2.17. The number of nitrogens with one attached hydrogen (secondary N) is 2. The normalized spacial score (nSPS) is 15.6. The molecule has 1 saturated heterocycles. The van der Waals surface area contributed by atoms with Gasteiger partial charge >= 0.3 is 0 Å². The number of carbonyl (C=O) groups excluding carboxylic acids is 1. The third kappa shape index (κ3) is 4.62. The average Bonchev–Trinajstić information content (AvgIpc) is 2.69. The van der Waals surface area contributed by atoms with Gasteiger partial charge < -0.3 is 5.32 Å². The maximum Gasteiger partial charge on any atom is 0.255 e. The number of rotatable bonds is 5. The summed E-state index contributed by atoms with van der Waals surface area (Å²) in [4.78, 5) is 12.5. The Bertz CT molecular complexity index is 860. The molecule has 0 aromatic heterocycles. The van der Waals surface area contributed by atoms with Crippen LogP contribution in [0, 0.1) is 0 Å². The Morgan fingerprint density at radius 1 is 1.00 bits per heavy atom. The van der Waals surface area contributed by atoms with Crippen molar-refractivity contribution in [3.05, 3.63) is 59.7 Å². The van der Waals surface area contributed by atoms with Gasteiger partial charge in [0.05, 0.1) is 9.48 Å². The summed E-state index contributed by atoms with van der Waals surface area (Å²) in [6, 6.07) is 13.8. The van der Waals surface area contributed by atoms with Gasteiger partial charge in [0, 0.05) is 11.3 Å². The minimum Gasteiger partial charge on any atom is -0.322 e. The fraction of sp³-hybridized carbons (Fsp3) is 0.278. The molecule has 0 radical (unpaired) electrons. The molecule has 1 aliphatic rings. The van der Waals surface area contributed by atoms with Gasteiger partial charge in [0.2, 0.25) is 10.0 Å². The number of amides is 1. The van der Waals surface area contributed by atoms with Gasteiger partial charge in [-0.15, -0.1) is 23.5 Å². The maximum absolute atomic E-state index is 12.4. The van der Waals surface area contributed by atoms with Crippen LogP contribution >= 0.6 is 23.5 Å². The van der Waals surface area contributed by atoms with Crippen molar-refractivity contribution in [1.82, 2.24) is 4.72 Å². The van der Waals surface area contributed by atoms with Crippen LogP contribution in [0.4, 0.5) is 5.69 Å². The molecule has 1 fully saturated rings. The van der Waals surface area contributed by atoms with Crippen LogP contribution in [-0.4, -0.2) is 32.9 Å². The third-order valence-electron chi connectivity index (χ3n) is 3.96. The van der Waals surface area contributed by atoms with Crippen LogP contribution in [0.15, 0.2) is 53.4 Å². The summed E-state index contributed by atoms with van der Waals surface area (Å²) in [5.74, 6) is 2.14. The molecule has 8 heteroatoms. The van der Waals surface area contributed by atoms with E-state index in [-0.39, 0.29) is 10.8 Å². The Balaban J connectivity index is 1.66. The number of thioether (sulfide) groups is 2. The molecule has 1 heterocycles. The first-order valence-corrected chi connectivity index (χ1v) is 11.8. The Morgan fingerprint density at radius 3 is 2.19 bits per heavy atom. The molecular formula is C18H20N2O3S3. The van der Waals surface area contributed by atoms with Gasteiger partial charge in [-0.1, -0.05) is 12.1 Å². The van der Waals surface area contributed by atoms with Crippen molar-refractivity contribution in [2.75, 3.05) is 23.9 Å². The molecule has 0 bridgehead atoms. The molecule has 0 aliphatic carbocycles. The smallest absolute Gasteiger partial charge is 0.255 e. The molecular weight excluding hydrogens is 388 g/mol. The van der Waals surface area contributed by atoms with E-state index in [2.05, 4.69) is 10.0 Å². The van der Waals surface area contributed by atoms with Crippen molar-refractivity contribution < 1.29 is 13.2 Å². The van der Waals surface area contributed by atoms with E-state index >= 15 is 0 Å². The lowest BCUT2D eigenvalue weighted by Gasteiger charge is -2.21. The van der Waals surface area contributed by atoms with E-state index in [1.165, 1.54) is 42.7 Å². The molecule has 0 unspecified atom stereocenters. The van der Waals surface area contributed by atoms with E-state index < -0.39 is 10.0 Å². The zero-order valence-corrected chi connectivity index (χ0v) is 16.7. The Hall–Kier alpha value is -1.48. The minimum atomic E-state index is -3.48. The first kappa shape index (κ1) is 19.3. The minimum absolute atomic E-state index is 0.157. The molecule has 138 valence electrons. The van der Waals surface area contributed by atoms with Crippen LogP contribution in [-0.2, 0) is 10.0 Å². The maximum atomic E-state index is 12.4. The first-order chi connectivity index (χ1) is 12.5. The van der Waals surface area contributed by atoms with Crippen LogP contribution in [0.3, 0.4) is 0 Å². The number of sulfonamides is 1. The second-order valence-electron chi connectivity index (χ2n) is 5.74. The van der Waals surface area contributed by atoms with Crippen molar-refractivity contribution >= 4 is 45.1 Å². The lowest BCUT2D eigenvalue weighted by atomic mass is 10.1. The summed E-state index contributed by atoms with van der Waals surface area (Å²) in [5, 5.41) is 2.79. The van der Waals surface area contributed by atoms with E-state index in [0.29, 0.717) is 15.8 Å². The molecule has 5 nitrogen and oxygen atoms in total. The third-order valence-corrected chi connectivity index (χ3v) is 8.41. The predicted octanol–water partition coefficient (Wildman–Crippen LogP) is 3.72. The number of hydrogen-bond acceptors (Lipinski definition) is 5. The second-order valence-corrected chi connectivity index (χ2v) is 10.3. The largest absolute Gasteiger partial charge is 0.322 e. The van der Waals surface area contributed by atoms with Gasteiger partial charge in [-0.05, 0) is 66.9 Å². The molecule has 2 N–H and O–H groups in total. The summed E-state index contributed by atoms with van der Waals surface area (Å²) in [6.45, 7) is 0. The molecule has 3 rings (SSSR count). The monoisotopic (exact) mass is 408 g/mol. The highest BCUT2D eigenvalue weighted by molar-refractivity contribution is 8.16. The topological polar surface area (TPSA) is 75.3 Å². The molecule has 0 atom stereocenters. The van der Waals surface area contributed by atoms with Gasteiger partial charge in [-0.2, -0.15) is 0 Å². The molecule has 2 aromatic rings. The standard InChI is InChI=1S/C18H20N2O3S3/c1-19-26(22,23)16-9-7-15(8-10-16)20-17(21)13-3-5-14(6-4-13)18-24-11-2-12-25-18/h3-10,18-19H,2,11-12H2,1H3,(H,20,21). The summed E-state index contributed by atoms with van der Waals surface area (Å²) in [6.07, 6.45) is 1.25. The van der Waals surface area contributed by atoms with Gasteiger partial charge in [0.1, 0.15) is 0 Å². The predicted molar refractivity (Wildman–Crippen MR) is 109 cm³/mol. The van der Waals surface area contributed by atoms with Gasteiger partial charge in [0.25, 0.3) is 5.91 Å². The van der Waals surface area contributed by atoms with Crippen molar-refractivity contribution in [2.45, 2.75) is 15.9 Å². The van der Waals surface area contributed by atoms with Crippen LogP contribution in [0.2, 0.25) is 0 Å². The second kappa shape index (κ2) is 8.47. The van der Waals surface area contributed by atoms with Crippen LogP contribution in [0.5, 0.6) is 0 Å². The van der Waals surface area contributed by atoms with E-state index in [9.17, 15) is 13.2 Å². The number of hydrogen-bond donors (Lipinski definition) is 2. The molecule has 0 spiro atoms. The molecule has 1 aliphatic heterocycles. The van der Waals surface area contributed by atoms with E-state index in [4.69, 9.17) is 0 Å². The molecule has 0 saturated carbocycles. The summed E-state index contributed by atoms with van der Waals surface area (Å²) < 4.78 is 26.1. The summed E-state index contributed by atoms with van der Waals surface area (Å²) >= 11 is 3.89. The Kier molecular flexibility index (Phi) is 6.29. The molecule has 2 aromatic carbocycles. The van der Waals surface area contributed by atoms with Gasteiger partial charge in [0.15, 0.2) is 0 Å². The van der Waals surface area contributed by atoms with E-state index in [1.54, 1.807) is 12.1 Å². The van der Waals surface area contributed by atoms with Crippen molar-refractivity contribution in [1.29, 1.82) is 0 Å². The zero-order chi connectivity index (χ0) is 18.6. The molecule has 26 heavy (non-hydrogen) atoms. The fourth-order valence-corrected chi connectivity index (χ4v) is 6.13. The van der Waals surface area contributed by atoms with Crippen LogP contribution in [0.1, 0.15) is 26.9 Å². The lowest BCUT2D eigenvalue weighted by molar-refractivity contribution is 0.102. The average molecular weight is 409 g/mol. The molecule has 1 amide bonds. The first-order valence-electron chi connectivity index (χ1n) is 8.18. The highest BCUT2D eigenvalue weighted by Crippen LogP contribution is 2.43. The fourth-order valence-electron chi connectivity index (χ4n) is 2.51. The van der Waals surface area contributed by atoms with Crippen molar-refractivity contribution in [2.24, 2.45) is 0 Å². The number of benzene rings is 2. The Morgan fingerprint density at radius 2 is 1.62 bits per heavy atom. The van der Waals surface area contributed by atoms with E-state index in [1.807, 2.05) is 47.8 Å². The number of anilines is 1. The van der Waals surface area contributed by atoms with Crippen LogP contribution in [0.25, 0.3) is 0 Å². The zero-order valence-electron chi connectivity index (χ0n) is 14.3. The summed E-state index contributed by atoms with van der Waals surface area (Å²) in [5.41, 5.74) is 2.36. The lowest BCUT2D eigenvalue weighted by Crippen LogP contribution is -2.18. The summed E-state index contributed by atoms with van der Waals surface area (Å²) in [7, 11) is -2.12. The quantitative estimate of drug-likeness (QED) is 0.789. The van der Waals surface area contributed by atoms with Crippen molar-refractivity contribution in [3.63, 3.8) is 0 Å². The van der Waals surface area contributed by atoms with E-state index in [0.717, 1.165) is 0 Å². The van der Waals surface area contributed by atoms with Gasteiger partial charge in [-0.3, -0.25) is 4.79 Å². The highest BCUT2D eigenvalue weighted by atomic mass is 32.2. The SMILES string of the molecule is CNS(=O)(=O)c1ccc(NC(=O)c2ccc(C3SCCCS3)cc2)cc1. The van der Waals surface area contributed by atoms with Crippen molar-refractivity contribution in [3.8, 4) is 0 Å². The van der Waals surface area contributed by atoms with Crippen LogP contribution < -0.4 is 10.0 Å². The van der Waals surface area contributed by atoms with Gasteiger partial charge in [-0.25, -0.2) is 13.1 Å². The number of carbonyl (C=O) groups is 1.